The van der Waals surface area contributed by atoms with Crippen LogP contribution in [0.3, 0.4) is 0 Å². The molecule has 0 aliphatic rings. The van der Waals surface area contributed by atoms with Gasteiger partial charge in [-0.2, -0.15) is 0 Å². The first-order valence-electron chi connectivity index (χ1n) is 4.03. The lowest BCUT2D eigenvalue weighted by molar-refractivity contribution is 0.172. The molecule has 67 valence electrons. The Morgan fingerprint density at radius 3 is 2.55 bits per heavy atom. The predicted octanol–water partition coefficient (Wildman–Crippen LogP) is 2.62. The minimum atomic E-state index is -2.41. The number of unbranched alkanes of at least 4 members (excludes halogenated alkanes) is 1. The summed E-state index contributed by atoms with van der Waals surface area (Å²) in [5.41, 5.74) is 0. The summed E-state index contributed by atoms with van der Waals surface area (Å²) < 4.78 is 15.0. The van der Waals surface area contributed by atoms with Gasteiger partial charge in [-0.05, 0) is 12.8 Å². The fraction of sp³-hybridized carbons (Fsp3) is 1.00. The van der Waals surface area contributed by atoms with Crippen molar-refractivity contribution in [3.63, 3.8) is 0 Å². The Morgan fingerprint density at radius 2 is 2.18 bits per heavy atom. The van der Waals surface area contributed by atoms with Crippen molar-refractivity contribution in [3.8, 4) is 0 Å². The molecule has 0 heterocycles. The van der Waals surface area contributed by atoms with Crippen LogP contribution in [0, 0.1) is 0 Å². The molecule has 0 saturated carbocycles. The molecule has 0 rings (SSSR count). The smallest absolute Gasteiger partial charge is 0.298 e. The van der Waals surface area contributed by atoms with Crippen LogP contribution < -0.4 is 0 Å². The Morgan fingerprint density at radius 1 is 1.55 bits per heavy atom. The first-order valence-corrected chi connectivity index (χ1v) is 5.16. The van der Waals surface area contributed by atoms with Crippen molar-refractivity contribution in [1.82, 2.24) is 0 Å². The minimum absolute atomic E-state index is 0.0384. The van der Waals surface area contributed by atoms with E-state index in [-0.39, 0.29) is 6.10 Å². The average molecular weight is 179 g/mol. The van der Waals surface area contributed by atoms with Crippen LogP contribution in [0.5, 0.6) is 0 Å². The van der Waals surface area contributed by atoms with Gasteiger partial charge in [0.2, 0.25) is 0 Å². The van der Waals surface area contributed by atoms with Crippen LogP contribution >= 0.6 is 8.25 Å². The molecule has 2 unspecified atom stereocenters. The highest BCUT2D eigenvalue weighted by Gasteiger charge is 2.08. The van der Waals surface area contributed by atoms with E-state index in [9.17, 15) is 4.57 Å². The summed E-state index contributed by atoms with van der Waals surface area (Å²) >= 11 is 0. The van der Waals surface area contributed by atoms with E-state index in [0.29, 0.717) is 0 Å². The van der Waals surface area contributed by atoms with Crippen LogP contribution in [-0.2, 0) is 9.09 Å². The minimum Gasteiger partial charge on any atom is -0.298 e. The molecule has 11 heavy (non-hydrogen) atoms. The van der Waals surface area contributed by atoms with Crippen LogP contribution in [0.25, 0.3) is 0 Å². The van der Waals surface area contributed by atoms with E-state index < -0.39 is 8.25 Å². The number of hydrogen-bond acceptors (Lipinski definition) is 2. The zero-order valence-electron chi connectivity index (χ0n) is 7.12. The van der Waals surface area contributed by atoms with Crippen molar-refractivity contribution in [1.29, 1.82) is 0 Å². The molecule has 1 radical (unpaired) electrons. The lowest BCUT2D eigenvalue weighted by atomic mass is 10.1. The second kappa shape index (κ2) is 6.71. The van der Waals surface area contributed by atoms with Gasteiger partial charge in [-0.1, -0.05) is 26.7 Å². The maximum absolute atomic E-state index is 10.3. The van der Waals surface area contributed by atoms with E-state index in [1.165, 1.54) is 0 Å². The molecule has 4 heteroatoms. The molecule has 3 nitrogen and oxygen atoms in total. The average Bonchev–Trinajstić information content (AvgIpc) is 1.97. The zero-order valence-corrected chi connectivity index (χ0v) is 8.01. The molecule has 1 N–H and O–H groups in total. The summed E-state index contributed by atoms with van der Waals surface area (Å²) in [7, 11) is -2.41. The first-order chi connectivity index (χ1) is 5.20. The van der Waals surface area contributed by atoms with Crippen LogP contribution in [0.2, 0.25) is 0 Å². The molecule has 0 aromatic rings. The third-order valence-corrected chi connectivity index (χ3v) is 2.05. The van der Waals surface area contributed by atoms with Crippen LogP contribution in [0.1, 0.15) is 39.5 Å². The van der Waals surface area contributed by atoms with E-state index in [4.69, 9.17) is 9.42 Å². The van der Waals surface area contributed by atoms with E-state index in [0.717, 1.165) is 25.7 Å². The molecule has 0 aliphatic heterocycles. The van der Waals surface area contributed by atoms with Crippen molar-refractivity contribution in [2.24, 2.45) is 0 Å². The maximum atomic E-state index is 10.3. The largest absolute Gasteiger partial charge is 0.366 e. The van der Waals surface area contributed by atoms with Gasteiger partial charge in [-0.25, -0.2) is 4.57 Å². The molecule has 0 amide bonds. The van der Waals surface area contributed by atoms with Crippen molar-refractivity contribution in [3.05, 3.63) is 0 Å². The zero-order chi connectivity index (χ0) is 8.69. The summed E-state index contributed by atoms with van der Waals surface area (Å²) in [5, 5.41) is 0. The molecule has 0 aliphatic carbocycles. The first kappa shape index (κ1) is 11.0. The highest BCUT2D eigenvalue weighted by Crippen LogP contribution is 2.22. The molecule has 0 saturated heterocycles. The standard InChI is InChI=1S/C7H16O3P/c1-3-5-6-7(4-2)10-11(8)9/h7H,3-6H2,1-2H3,(H,8,9). The molecule has 2 atom stereocenters. The van der Waals surface area contributed by atoms with Gasteiger partial charge >= 0.3 is 8.25 Å². The second-order valence-corrected chi connectivity index (χ2v) is 3.20. The van der Waals surface area contributed by atoms with Gasteiger partial charge in [0.15, 0.2) is 0 Å². The van der Waals surface area contributed by atoms with Crippen molar-refractivity contribution in [2.45, 2.75) is 45.6 Å². The Balaban J connectivity index is 3.49. The van der Waals surface area contributed by atoms with Crippen LogP contribution in [-0.4, -0.2) is 11.0 Å². The van der Waals surface area contributed by atoms with Crippen LogP contribution in [0.4, 0.5) is 0 Å². The van der Waals surface area contributed by atoms with Crippen molar-refractivity contribution >= 4 is 8.25 Å². The summed E-state index contributed by atoms with van der Waals surface area (Å²) in [4.78, 5) is 8.44. The lowest BCUT2D eigenvalue weighted by Crippen LogP contribution is -2.06. The van der Waals surface area contributed by atoms with Gasteiger partial charge in [-0.15, -0.1) is 0 Å². The summed E-state index contributed by atoms with van der Waals surface area (Å²) in [5.74, 6) is 0. The van der Waals surface area contributed by atoms with Crippen molar-refractivity contribution in [2.75, 3.05) is 0 Å². The molecule has 0 bridgehead atoms. The van der Waals surface area contributed by atoms with Gasteiger partial charge in [0.25, 0.3) is 0 Å². The third kappa shape index (κ3) is 6.42. The van der Waals surface area contributed by atoms with Gasteiger partial charge in [-0.3, -0.25) is 9.42 Å². The quantitative estimate of drug-likeness (QED) is 0.637. The van der Waals surface area contributed by atoms with Gasteiger partial charge in [0, 0.05) is 0 Å². The molecular formula is C7H16O3P. The Kier molecular flexibility index (Phi) is 6.73. The van der Waals surface area contributed by atoms with E-state index in [1.54, 1.807) is 0 Å². The number of hydrogen-bond donors (Lipinski definition) is 1. The fourth-order valence-corrected chi connectivity index (χ4v) is 1.40. The van der Waals surface area contributed by atoms with Gasteiger partial charge < -0.3 is 0 Å². The summed E-state index contributed by atoms with van der Waals surface area (Å²) in [6.07, 6.45) is 3.81. The fourth-order valence-electron chi connectivity index (χ4n) is 0.891. The third-order valence-electron chi connectivity index (χ3n) is 1.57. The van der Waals surface area contributed by atoms with E-state index in [1.807, 2.05) is 6.92 Å². The second-order valence-electron chi connectivity index (χ2n) is 2.52. The molecule has 0 aromatic heterocycles. The highest BCUT2D eigenvalue weighted by molar-refractivity contribution is 7.32. The topological polar surface area (TPSA) is 46.5 Å². The van der Waals surface area contributed by atoms with Gasteiger partial charge in [0.1, 0.15) is 0 Å². The van der Waals surface area contributed by atoms with E-state index >= 15 is 0 Å². The summed E-state index contributed by atoms with van der Waals surface area (Å²) in [6.45, 7) is 4.05. The highest BCUT2D eigenvalue weighted by atomic mass is 31.1. The Labute approximate surface area is 68.7 Å². The SMILES string of the molecule is CCCCC(CC)O[P](=O)O. The molecular weight excluding hydrogens is 163 g/mol. The monoisotopic (exact) mass is 179 g/mol. The summed E-state index contributed by atoms with van der Waals surface area (Å²) in [6, 6.07) is 0. The number of rotatable bonds is 6. The lowest BCUT2D eigenvalue weighted by Gasteiger charge is -2.10. The normalized spacial score (nSPS) is 14.6. The molecule has 0 spiro atoms. The van der Waals surface area contributed by atoms with Crippen LogP contribution in [0.15, 0.2) is 0 Å². The van der Waals surface area contributed by atoms with E-state index in [2.05, 4.69) is 6.92 Å². The molecule has 0 fully saturated rings. The maximum Gasteiger partial charge on any atom is 0.366 e. The van der Waals surface area contributed by atoms with Crippen molar-refractivity contribution < 1.29 is 14.0 Å². The Hall–Kier alpha value is 0.0200. The molecule has 0 aromatic carbocycles. The Bertz CT molecular complexity index is 116. The predicted molar refractivity (Wildman–Crippen MR) is 44.5 cm³/mol. The van der Waals surface area contributed by atoms with Gasteiger partial charge in [0.05, 0.1) is 6.10 Å².